The molecule has 0 aliphatic heterocycles. The number of carbonyl (C=O) groups excluding carboxylic acids is 1. The minimum absolute atomic E-state index is 0.0911. The van der Waals surface area contributed by atoms with E-state index in [-0.39, 0.29) is 17.9 Å². The Hall–Kier alpha value is -1.75. The second-order valence-corrected chi connectivity index (χ2v) is 6.13. The van der Waals surface area contributed by atoms with Gasteiger partial charge in [0.15, 0.2) is 6.10 Å². The van der Waals surface area contributed by atoms with Crippen LogP contribution in [0.15, 0.2) is 18.2 Å². The average Bonchev–Trinajstić information content (AvgIpc) is 2.91. The number of carboxylic acid groups (broad SMARTS) is 1. The maximum Gasteiger partial charge on any atom is 0.306 e. The lowest BCUT2D eigenvalue weighted by Crippen LogP contribution is -2.41. The molecule has 22 heavy (non-hydrogen) atoms. The molecule has 5 nitrogen and oxygen atoms in total. The first-order chi connectivity index (χ1) is 10.4. The number of aryl methyl sites for hydroxylation is 1. The third kappa shape index (κ3) is 4.13. The quantitative estimate of drug-likeness (QED) is 0.873. The Balaban J connectivity index is 1.87. The van der Waals surface area contributed by atoms with Crippen molar-refractivity contribution < 1.29 is 19.4 Å². The van der Waals surface area contributed by atoms with E-state index in [0.29, 0.717) is 30.0 Å². The number of aliphatic carboxylic acids is 1. The molecule has 1 aliphatic carbocycles. The number of halogens is 1. The smallest absolute Gasteiger partial charge is 0.306 e. The van der Waals surface area contributed by atoms with Gasteiger partial charge in [-0.25, -0.2) is 0 Å². The summed E-state index contributed by atoms with van der Waals surface area (Å²) in [5, 5.41) is 12.5. The predicted octanol–water partition coefficient (Wildman–Crippen LogP) is 2.79. The third-order valence-corrected chi connectivity index (χ3v) is 4.36. The summed E-state index contributed by atoms with van der Waals surface area (Å²) in [4.78, 5) is 23.0. The summed E-state index contributed by atoms with van der Waals surface area (Å²) in [7, 11) is 0. The minimum atomic E-state index is -0.794. The molecule has 6 heteroatoms. The molecule has 1 aromatic rings. The molecule has 1 fully saturated rings. The summed E-state index contributed by atoms with van der Waals surface area (Å²) >= 11 is 5.95. The molecule has 1 aliphatic rings. The first-order valence-corrected chi connectivity index (χ1v) is 7.70. The predicted molar refractivity (Wildman–Crippen MR) is 83.2 cm³/mol. The Kier molecular flexibility index (Phi) is 5.29. The van der Waals surface area contributed by atoms with Crippen LogP contribution in [0.2, 0.25) is 5.02 Å². The van der Waals surface area contributed by atoms with E-state index in [1.54, 1.807) is 25.1 Å². The summed E-state index contributed by atoms with van der Waals surface area (Å²) in [5.74, 6) is -0.804. The molecule has 0 bridgehead atoms. The summed E-state index contributed by atoms with van der Waals surface area (Å²) in [6.45, 7) is 3.54. The van der Waals surface area contributed by atoms with Crippen LogP contribution in [0, 0.1) is 12.8 Å². The first kappa shape index (κ1) is 16.6. The number of rotatable bonds is 5. The number of nitrogens with one attached hydrogen (secondary N) is 1. The second-order valence-electron chi connectivity index (χ2n) is 5.72. The highest BCUT2D eigenvalue weighted by Gasteiger charge is 2.31. The third-order valence-electron chi connectivity index (χ3n) is 3.94. The van der Waals surface area contributed by atoms with Gasteiger partial charge >= 0.3 is 5.97 Å². The lowest BCUT2D eigenvalue weighted by atomic mass is 10.1. The lowest BCUT2D eigenvalue weighted by Gasteiger charge is -2.18. The van der Waals surface area contributed by atoms with Crippen molar-refractivity contribution >= 4 is 23.5 Å². The molecule has 0 aromatic heterocycles. The summed E-state index contributed by atoms with van der Waals surface area (Å²) in [5.41, 5.74) is 0.881. The van der Waals surface area contributed by atoms with Gasteiger partial charge in [0.1, 0.15) is 5.75 Å². The van der Waals surface area contributed by atoms with Gasteiger partial charge in [0.2, 0.25) is 0 Å². The number of amides is 1. The summed E-state index contributed by atoms with van der Waals surface area (Å²) < 4.78 is 5.61. The largest absolute Gasteiger partial charge is 0.481 e. The fourth-order valence-corrected chi connectivity index (χ4v) is 2.72. The zero-order valence-corrected chi connectivity index (χ0v) is 13.4. The number of hydrogen-bond acceptors (Lipinski definition) is 3. The Morgan fingerprint density at radius 3 is 2.73 bits per heavy atom. The molecule has 1 saturated carbocycles. The normalized spacial score (nSPS) is 22.1. The molecule has 1 unspecified atom stereocenters. The van der Waals surface area contributed by atoms with Crippen molar-refractivity contribution in [3.63, 3.8) is 0 Å². The number of carbonyl (C=O) groups is 2. The average molecular weight is 326 g/mol. The Bertz CT molecular complexity index is 575. The van der Waals surface area contributed by atoms with E-state index >= 15 is 0 Å². The van der Waals surface area contributed by atoms with E-state index in [4.69, 9.17) is 21.4 Å². The van der Waals surface area contributed by atoms with E-state index in [9.17, 15) is 9.59 Å². The zero-order valence-electron chi connectivity index (χ0n) is 12.6. The van der Waals surface area contributed by atoms with Crippen LogP contribution in [-0.4, -0.2) is 29.1 Å². The molecule has 120 valence electrons. The van der Waals surface area contributed by atoms with Crippen LogP contribution in [-0.2, 0) is 9.59 Å². The molecule has 0 spiro atoms. The van der Waals surface area contributed by atoms with Crippen molar-refractivity contribution in [1.82, 2.24) is 5.32 Å². The van der Waals surface area contributed by atoms with Crippen LogP contribution >= 0.6 is 11.6 Å². The molecule has 0 heterocycles. The van der Waals surface area contributed by atoms with Gasteiger partial charge in [-0.1, -0.05) is 11.6 Å². The van der Waals surface area contributed by atoms with Crippen molar-refractivity contribution in [1.29, 1.82) is 0 Å². The van der Waals surface area contributed by atoms with Gasteiger partial charge in [-0.15, -0.1) is 0 Å². The van der Waals surface area contributed by atoms with Gasteiger partial charge in [-0.3, -0.25) is 9.59 Å². The van der Waals surface area contributed by atoms with Gasteiger partial charge in [-0.2, -0.15) is 0 Å². The molecule has 0 saturated heterocycles. The number of hydrogen-bond donors (Lipinski definition) is 2. The maximum absolute atomic E-state index is 12.1. The van der Waals surface area contributed by atoms with E-state index < -0.39 is 12.1 Å². The monoisotopic (exact) mass is 325 g/mol. The van der Waals surface area contributed by atoms with Crippen molar-refractivity contribution in [2.24, 2.45) is 5.92 Å². The highest BCUT2D eigenvalue weighted by molar-refractivity contribution is 6.31. The van der Waals surface area contributed by atoms with Crippen LogP contribution in [0.25, 0.3) is 0 Å². The maximum atomic E-state index is 12.1. The van der Waals surface area contributed by atoms with Crippen molar-refractivity contribution in [2.75, 3.05) is 0 Å². The zero-order chi connectivity index (χ0) is 16.3. The fraction of sp³-hybridized carbons (Fsp3) is 0.500. The number of benzene rings is 1. The number of ether oxygens (including phenoxy) is 1. The van der Waals surface area contributed by atoms with E-state index in [2.05, 4.69) is 5.32 Å². The Morgan fingerprint density at radius 1 is 1.41 bits per heavy atom. The molecular formula is C16H20ClNO4. The Labute approximate surface area is 134 Å². The minimum Gasteiger partial charge on any atom is -0.481 e. The van der Waals surface area contributed by atoms with E-state index in [1.807, 2.05) is 6.92 Å². The topological polar surface area (TPSA) is 75.6 Å². The molecular weight excluding hydrogens is 306 g/mol. The first-order valence-electron chi connectivity index (χ1n) is 7.33. The van der Waals surface area contributed by atoms with E-state index in [1.165, 1.54) is 0 Å². The van der Waals surface area contributed by atoms with Crippen LogP contribution in [0.3, 0.4) is 0 Å². The van der Waals surface area contributed by atoms with Gasteiger partial charge in [0.25, 0.3) is 5.91 Å². The van der Waals surface area contributed by atoms with Crippen molar-refractivity contribution in [3.8, 4) is 5.75 Å². The molecule has 2 N–H and O–H groups in total. The highest BCUT2D eigenvalue weighted by Crippen LogP contribution is 2.26. The molecule has 1 amide bonds. The molecule has 2 rings (SSSR count). The van der Waals surface area contributed by atoms with Gasteiger partial charge in [0, 0.05) is 11.1 Å². The fourth-order valence-electron chi connectivity index (χ4n) is 2.60. The molecule has 1 aromatic carbocycles. The summed E-state index contributed by atoms with van der Waals surface area (Å²) in [6.07, 6.45) is 1.12. The summed E-state index contributed by atoms with van der Waals surface area (Å²) in [6, 6.07) is 5.13. The van der Waals surface area contributed by atoms with Gasteiger partial charge in [-0.05, 0) is 56.9 Å². The second kappa shape index (κ2) is 7.01. The van der Waals surface area contributed by atoms with Crippen LogP contribution in [0.4, 0.5) is 0 Å². The number of carboxylic acids is 1. The highest BCUT2D eigenvalue weighted by atomic mass is 35.5. The Morgan fingerprint density at radius 2 is 2.14 bits per heavy atom. The lowest BCUT2D eigenvalue weighted by molar-refractivity contribution is -0.141. The van der Waals surface area contributed by atoms with Crippen LogP contribution < -0.4 is 10.1 Å². The SMILES string of the molecule is Cc1cc(OC(C)C(=O)N[C@H]2CC[C@@H](C(=O)O)C2)ccc1Cl. The van der Waals surface area contributed by atoms with E-state index in [0.717, 1.165) is 5.56 Å². The molecule has 0 radical (unpaired) electrons. The van der Waals surface area contributed by atoms with Crippen molar-refractivity contribution in [2.45, 2.75) is 45.3 Å². The van der Waals surface area contributed by atoms with Crippen LogP contribution in [0.5, 0.6) is 5.75 Å². The van der Waals surface area contributed by atoms with Crippen LogP contribution in [0.1, 0.15) is 31.7 Å². The van der Waals surface area contributed by atoms with Gasteiger partial charge in [0.05, 0.1) is 5.92 Å². The standard InChI is InChI=1S/C16H20ClNO4/c1-9-7-13(5-6-14(9)17)22-10(2)15(19)18-12-4-3-11(8-12)16(20)21/h5-7,10-12H,3-4,8H2,1-2H3,(H,18,19)(H,20,21)/t10?,11-,12+/m1/s1. The van der Waals surface area contributed by atoms with Gasteiger partial charge < -0.3 is 15.2 Å². The molecule has 3 atom stereocenters. The van der Waals surface area contributed by atoms with Crippen molar-refractivity contribution in [3.05, 3.63) is 28.8 Å².